The van der Waals surface area contributed by atoms with Gasteiger partial charge in [0.2, 0.25) is 17.7 Å². The maximum atomic E-state index is 14.0. The van der Waals surface area contributed by atoms with E-state index < -0.39 is 51.4 Å². The van der Waals surface area contributed by atoms with Crippen LogP contribution in [0.1, 0.15) is 21.9 Å². The van der Waals surface area contributed by atoms with E-state index in [-0.39, 0.29) is 12.2 Å². The number of aromatic nitrogens is 1. The van der Waals surface area contributed by atoms with Crippen LogP contribution in [0.2, 0.25) is 0 Å². The van der Waals surface area contributed by atoms with Crippen molar-refractivity contribution in [3.63, 3.8) is 0 Å². The number of thiazole rings is 1. The third-order valence-corrected chi connectivity index (χ3v) is 10.2. The van der Waals surface area contributed by atoms with Crippen molar-refractivity contribution >= 4 is 52.2 Å². The van der Waals surface area contributed by atoms with E-state index in [4.69, 9.17) is 9.47 Å². The number of imide groups is 1. The number of rotatable bonds is 7. The number of nitrogens with one attached hydrogen (secondary N) is 1. The second kappa shape index (κ2) is 11.7. The van der Waals surface area contributed by atoms with Crippen LogP contribution in [0, 0.1) is 5.92 Å². The molecule has 6 rings (SSSR count). The maximum Gasteiger partial charge on any atom is 0.416 e. The number of methoxy groups -OCH3 is 2. The Bertz CT molecular complexity index is 1850. The van der Waals surface area contributed by atoms with Gasteiger partial charge in [-0.2, -0.15) is 13.2 Å². The fraction of sp³-hybridized carbons (Fsp3) is 0.226. The van der Waals surface area contributed by atoms with E-state index in [1.807, 2.05) is 0 Å². The van der Waals surface area contributed by atoms with Gasteiger partial charge in [-0.05, 0) is 60.2 Å². The Hall–Kier alpha value is -4.56. The molecule has 3 heterocycles. The number of ether oxygens (including phenoxy) is 2. The van der Waals surface area contributed by atoms with Crippen molar-refractivity contribution in [1.29, 1.82) is 0 Å². The maximum absolute atomic E-state index is 14.0. The first kappa shape index (κ1) is 30.5. The lowest BCUT2D eigenvalue weighted by Gasteiger charge is -2.30. The molecular weight excluding hydrogens is 631 g/mol. The van der Waals surface area contributed by atoms with Crippen LogP contribution < -0.4 is 24.6 Å². The highest BCUT2D eigenvalue weighted by atomic mass is 32.2. The van der Waals surface area contributed by atoms with Gasteiger partial charge < -0.3 is 14.8 Å². The Morgan fingerprint density at radius 2 is 1.56 bits per heavy atom. The van der Waals surface area contributed by atoms with Crippen LogP contribution in [0.15, 0.2) is 82.6 Å². The normalized spacial score (nSPS) is 19.2. The number of hydrogen-bond donors (Lipinski definition) is 1. The number of halogens is 3. The number of amides is 3. The summed E-state index contributed by atoms with van der Waals surface area (Å²) in [4.78, 5) is 55.0. The number of carbonyl (C=O) groups is 3. The zero-order valence-electron chi connectivity index (χ0n) is 23.7. The Balaban J connectivity index is 1.39. The Morgan fingerprint density at radius 1 is 0.911 bits per heavy atom. The molecule has 0 bridgehead atoms. The standard InChI is InChI=1S/C31H24F3N3O6S2/c1-42-20-10-6-16(7-11-20)23-24-25(28(40)37(27(24)39)19-5-3-4-17(14-19)31(32,33)34)44-29-26(23)45-30(41)36(29)15-22(38)35-18-8-12-21(43-2)13-9-18/h3-14,23-25H,15H2,1-2H3,(H,35,38)/t23-,24?,25?/m0/s1. The summed E-state index contributed by atoms with van der Waals surface area (Å²) < 4.78 is 52.2. The molecule has 45 heavy (non-hydrogen) atoms. The molecule has 0 radical (unpaired) electrons. The third-order valence-electron chi connectivity index (χ3n) is 7.63. The lowest BCUT2D eigenvalue weighted by Crippen LogP contribution is -2.33. The van der Waals surface area contributed by atoms with E-state index in [1.165, 1.54) is 24.9 Å². The monoisotopic (exact) mass is 655 g/mol. The summed E-state index contributed by atoms with van der Waals surface area (Å²) in [5.74, 6) is -2.53. The van der Waals surface area contributed by atoms with E-state index >= 15 is 0 Å². The molecule has 1 aromatic heterocycles. The molecule has 1 N–H and O–H groups in total. The summed E-state index contributed by atoms with van der Waals surface area (Å²) in [6.45, 7) is -0.365. The first-order chi connectivity index (χ1) is 21.5. The van der Waals surface area contributed by atoms with Gasteiger partial charge in [-0.25, -0.2) is 4.90 Å². The van der Waals surface area contributed by atoms with Crippen LogP contribution >= 0.6 is 23.1 Å². The minimum atomic E-state index is -4.68. The van der Waals surface area contributed by atoms with Gasteiger partial charge in [-0.15, -0.1) is 0 Å². The molecule has 0 saturated carbocycles. The highest BCUT2D eigenvalue weighted by Crippen LogP contribution is 2.54. The van der Waals surface area contributed by atoms with Crippen LogP contribution in [0.4, 0.5) is 24.5 Å². The molecule has 2 aliphatic rings. The van der Waals surface area contributed by atoms with Crippen LogP contribution in [0.5, 0.6) is 11.5 Å². The SMILES string of the molecule is COc1ccc(NC(=O)Cn2c3c(sc2=O)[C@@H](c2ccc(OC)cc2)C2C(=O)N(c4cccc(C(F)(F)F)c4)C(=O)C2S3)cc1. The molecule has 4 aromatic rings. The van der Waals surface area contributed by atoms with Gasteiger partial charge in [0.1, 0.15) is 23.3 Å². The number of thioether (sulfide) groups is 1. The molecule has 2 aliphatic heterocycles. The first-order valence-corrected chi connectivity index (χ1v) is 15.2. The second-order valence-corrected chi connectivity index (χ2v) is 12.4. The summed E-state index contributed by atoms with van der Waals surface area (Å²) in [6, 6.07) is 17.5. The van der Waals surface area contributed by atoms with Crippen molar-refractivity contribution in [2.24, 2.45) is 5.92 Å². The lowest BCUT2D eigenvalue weighted by atomic mass is 9.83. The van der Waals surface area contributed by atoms with E-state index in [9.17, 15) is 32.3 Å². The Morgan fingerprint density at radius 3 is 2.18 bits per heavy atom. The number of nitrogens with zero attached hydrogens (tertiary/aromatic N) is 2. The molecule has 9 nitrogen and oxygen atoms in total. The van der Waals surface area contributed by atoms with E-state index in [2.05, 4.69) is 5.32 Å². The van der Waals surface area contributed by atoms with E-state index in [0.717, 1.165) is 46.2 Å². The predicted molar refractivity (Wildman–Crippen MR) is 162 cm³/mol. The smallest absolute Gasteiger partial charge is 0.416 e. The molecule has 3 atom stereocenters. The minimum absolute atomic E-state index is 0.192. The zero-order chi connectivity index (χ0) is 32.0. The van der Waals surface area contributed by atoms with Gasteiger partial charge >= 0.3 is 11.0 Å². The fourth-order valence-corrected chi connectivity index (χ4v) is 8.29. The summed E-state index contributed by atoms with van der Waals surface area (Å²) in [6.07, 6.45) is -4.68. The molecular formula is C31H24F3N3O6S2. The van der Waals surface area contributed by atoms with Crippen molar-refractivity contribution in [2.45, 2.75) is 28.9 Å². The molecule has 0 spiro atoms. The van der Waals surface area contributed by atoms with E-state index in [1.54, 1.807) is 48.5 Å². The third kappa shape index (κ3) is 5.59. The molecule has 3 aromatic carbocycles. The van der Waals surface area contributed by atoms with Crippen molar-refractivity contribution in [2.75, 3.05) is 24.4 Å². The first-order valence-electron chi connectivity index (χ1n) is 13.5. The molecule has 2 unspecified atom stereocenters. The molecule has 0 aliphatic carbocycles. The van der Waals surface area contributed by atoms with Crippen molar-refractivity contribution < 1.29 is 37.0 Å². The second-order valence-electron chi connectivity index (χ2n) is 10.3. The highest BCUT2D eigenvalue weighted by molar-refractivity contribution is 8.00. The number of fused-ring (bicyclic) bond motifs is 2. The number of alkyl halides is 3. The van der Waals surface area contributed by atoms with Gasteiger partial charge in [0, 0.05) is 16.5 Å². The molecule has 1 saturated heterocycles. The number of hydrogen-bond acceptors (Lipinski definition) is 8. The van der Waals surface area contributed by atoms with Crippen LogP contribution in [-0.2, 0) is 27.1 Å². The van der Waals surface area contributed by atoms with Gasteiger partial charge in [0.15, 0.2) is 0 Å². The molecule has 232 valence electrons. The number of benzene rings is 3. The van der Waals surface area contributed by atoms with E-state index in [0.29, 0.717) is 32.7 Å². The van der Waals surface area contributed by atoms with Crippen LogP contribution in [-0.4, -0.2) is 41.8 Å². The van der Waals surface area contributed by atoms with Crippen LogP contribution in [0.3, 0.4) is 0 Å². The van der Waals surface area contributed by atoms with Gasteiger partial charge in [-0.3, -0.25) is 23.7 Å². The quantitative estimate of drug-likeness (QED) is 0.267. The summed E-state index contributed by atoms with van der Waals surface area (Å²) >= 11 is 1.84. The minimum Gasteiger partial charge on any atom is -0.497 e. The lowest BCUT2D eigenvalue weighted by molar-refractivity contribution is -0.137. The summed E-state index contributed by atoms with van der Waals surface area (Å²) in [7, 11) is 3.01. The van der Waals surface area contributed by atoms with Gasteiger partial charge in [-0.1, -0.05) is 41.3 Å². The largest absolute Gasteiger partial charge is 0.497 e. The van der Waals surface area contributed by atoms with Crippen molar-refractivity contribution in [3.8, 4) is 11.5 Å². The Kier molecular flexibility index (Phi) is 7.95. The highest BCUT2D eigenvalue weighted by Gasteiger charge is 2.57. The fourth-order valence-electron chi connectivity index (χ4n) is 5.52. The average molecular weight is 656 g/mol. The molecule has 1 fully saturated rings. The Labute approximate surface area is 262 Å². The van der Waals surface area contributed by atoms with Gasteiger partial charge in [0.25, 0.3) is 0 Å². The topological polar surface area (TPSA) is 107 Å². The van der Waals surface area contributed by atoms with Crippen molar-refractivity contribution in [3.05, 3.63) is 98.5 Å². The average Bonchev–Trinajstić information content (AvgIpc) is 3.47. The zero-order valence-corrected chi connectivity index (χ0v) is 25.3. The number of anilines is 2. The summed E-state index contributed by atoms with van der Waals surface area (Å²) in [5.41, 5.74) is -0.0980. The molecule has 14 heteroatoms. The number of carbonyl (C=O) groups excluding carboxylic acids is 3. The molecule has 3 amide bonds. The van der Waals surface area contributed by atoms with Crippen molar-refractivity contribution in [1.82, 2.24) is 4.57 Å². The van der Waals surface area contributed by atoms with Crippen LogP contribution in [0.25, 0.3) is 0 Å². The predicted octanol–water partition coefficient (Wildman–Crippen LogP) is 5.38. The summed E-state index contributed by atoms with van der Waals surface area (Å²) in [5, 5.41) is 2.03. The van der Waals surface area contributed by atoms with Gasteiger partial charge in [0.05, 0.1) is 36.4 Å².